The lowest BCUT2D eigenvalue weighted by atomic mass is 9.92. The maximum Gasteiger partial charge on any atom is 0.197 e. The lowest BCUT2D eigenvalue weighted by molar-refractivity contribution is -0.380. The minimum Gasteiger partial charge on any atom is -0.393 e. The molecule has 2 unspecified atom stereocenters. The van der Waals surface area contributed by atoms with E-state index in [0.29, 0.717) is 0 Å². The summed E-state index contributed by atoms with van der Waals surface area (Å²) in [5, 5.41) is 54.4. The Morgan fingerprint density at radius 1 is 0.929 bits per heavy atom. The van der Waals surface area contributed by atoms with Gasteiger partial charge in [-0.2, -0.15) is 0 Å². The summed E-state index contributed by atoms with van der Waals surface area (Å²) in [7, 11) is 0. The second-order valence-corrected chi connectivity index (χ2v) is 3.41. The van der Waals surface area contributed by atoms with E-state index in [4.69, 9.17) is 14.9 Å². The van der Waals surface area contributed by atoms with Crippen molar-refractivity contribution in [3.8, 4) is 0 Å². The van der Waals surface area contributed by atoms with Gasteiger partial charge in [0.05, 0.1) is 19.6 Å². The van der Waals surface area contributed by atoms with Crippen LogP contribution in [-0.4, -0.2) is 67.6 Å². The number of hydrogen-bond donors (Lipinski definition) is 6. The first-order chi connectivity index (χ1) is 6.33. The van der Waals surface area contributed by atoms with Crippen molar-refractivity contribution >= 4 is 0 Å². The molecule has 1 fully saturated rings. The zero-order valence-electron chi connectivity index (χ0n) is 7.37. The van der Waals surface area contributed by atoms with Crippen LogP contribution in [0.3, 0.4) is 0 Å². The summed E-state index contributed by atoms with van der Waals surface area (Å²) < 4.78 is 4.72. The molecule has 0 aromatic heterocycles. The van der Waals surface area contributed by atoms with E-state index in [1.54, 1.807) is 0 Å². The van der Waals surface area contributed by atoms with Gasteiger partial charge < -0.3 is 35.4 Å². The molecular formula is C7H14O7. The van der Waals surface area contributed by atoms with E-state index in [2.05, 4.69) is 0 Å². The van der Waals surface area contributed by atoms with E-state index in [0.717, 1.165) is 0 Å². The molecule has 0 saturated carbocycles. The molecule has 7 heteroatoms. The van der Waals surface area contributed by atoms with Crippen molar-refractivity contribution in [3.05, 3.63) is 0 Å². The van der Waals surface area contributed by atoms with Crippen molar-refractivity contribution in [2.75, 3.05) is 13.2 Å². The van der Waals surface area contributed by atoms with Crippen LogP contribution in [0.15, 0.2) is 0 Å². The fourth-order valence-electron chi connectivity index (χ4n) is 1.41. The second kappa shape index (κ2) is 3.70. The highest BCUT2D eigenvalue weighted by Crippen LogP contribution is 2.32. The Hall–Kier alpha value is -0.280. The van der Waals surface area contributed by atoms with Gasteiger partial charge in [-0.15, -0.1) is 0 Å². The number of aliphatic hydroxyl groups is 6. The van der Waals surface area contributed by atoms with Gasteiger partial charge in [-0.25, -0.2) is 0 Å². The second-order valence-electron chi connectivity index (χ2n) is 3.41. The molecule has 84 valence electrons. The molecule has 7 nitrogen and oxygen atoms in total. The topological polar surface area (TPSA) is 131 Å². The maximum atomic E-state index is 9.25. The number of aliphatic hydroxyl groups excluding tert-OH is 2. The Kier molecular flexibility index (Phi) is 3.12. The molecule has 0 aromatic carbocycles. The van der Waals surface area contributed by atoms with E-state index in [1.807, 2.05) is 0 Å². The monoisotopic (exact) mass is 210 g/mol. The first kappa shape index (κ1) is 11.8. The highest BCUT2D eigenvalue weighted by molar-refractivity contribution is 4.93. The molecule has 0 bridgehead atoms. The van der Waals surface area contributed by atoms with Gasteiger partial charge in [0.25, 0.3) is 0 Å². The van der Waals surface area contributed by atoms with Crippen LogP contribution in [0.4, 0.5) is 0 Å². The molecule has 14 heavy (non-hydrogen) atoms. The third-order valence-corrected chi connectivity index (χ3v) is 2.21. The van der Waals surface area contributed by atoms with Crippen molar-refractivity contribution in [1.82, 2.24) is 0 Å². The lowest BCUT2D eigenvalue weighted by Crippen LogP contribution is -2.64. The quantitative estimate of drug-likeness (QED) is 0.260. The summed E-state index contributed by atoms with van der Waals surface area (Å²) in [6.07, 6.45) is -3.56. The summed E-state index contributed by atoms with van der Waals surface area (Å²) in [4.78, 5) is 0. The van der Waals surface area contributed by atoms with Crippen LogP contribution < -0.4 is 0 Å². The molecule has 1 aliphatic heterocycles. The van der Waals surface area contributed by atoms with Crippen LogP contribution in [0.5, 0.6) is 0 Å². The Balaban J connectivity index is 2.81. The summed E-state index contributed by atoms with van der Waals surface area (Å²) >= 11 is 0. The third kappa shape index (κ3) is 2.04. The van der Waals surface area contributed by atoms with E-state index in [1.165, 1.54) is 0 Å². The van der Waals surface area contributed by atoms with Crippen molar-refractivity contribution < 1.29 is 35.4 Å². The zero-order valence-corrected chi connectivity index (χ0v) is 7.37. The highest BCUT2D eigenvalue weighted by atomic mass is 16.6. The Morgan fingerprint density at radius 2 is 1.29 bits per heavy atom. The van der Waals surface area contributed by atoms with Crippen molar-refractivity contribution in [2.45, 2.75) is 30.2 Å². The lowest BCUT2D eigenvalue weighted by Gasteiger charge is -2.44. The number of rotatable bonds is 2. The molecule has 2 atom stereocenters. The minimum absolute atomic E-state index is 0.695. The predicted molar refractivity (Wildman–Crippen MR) is 41.8 cm³/mol. The molecule has 0 amide bonds. The fourth-order valence-corrected chi connectivity index (χ4v) is 1.41. The van der Waals surface area contributed by atoms with Crippen molar-refractivity contribution in [2.24, 2.45) is 0 Å². The minimum atomic E-state index is -2.52. The summed E-state index contributed by atoms with van der Waals surface area (Å²) in [5.74, 6) is -5.05. The van der Waals surface area contributed by atoms with Gasteiger partial charge in [0, 0.05) is 0 Å². The van der Waals surface area contributed by atoms with E-state index < -0.39 is 43.4 Å². The highest BCUT2D eigenvalue weighted by Gasteiger charge is 2.53. The summed E-state index contributed by atoms with van der Waals surface area (Å²) in [6.45, 7) is -1.39. The van der Waals surface area contributed by atoms with Crippen molar-refractivity contribution in [1.29, 1.82) is 0 Å². The first-order valence-electron chi connectivity index (χ1n) is 4.10. The predicted octanol–water partition coefficient (Wildman–Crippen LogP) is -3.51. The molecule has 1 saturated heterocycles. The summed E-state index contributed by atoms with van der Waals surface area (Å²) in [5.41, 5.74) is 0. The van der Waals surface area contributed by atoms with Gasteiger partial charge in [-0.3, -0.25) is 0 Å². The largest absolute Gasteiger partial charge is 0.393 e. The van der Waals surface area contributed by atoms with E-state index in [-0.39, 0.29) is 0 Å². The normalized spacial score (nSPS) is 35.6. The molecule has 6 N–H and O–H groups in total. The Labute approximate surface area is 79.8 Å². The Bertz CT molecular complexity index is 182. The molecule has 1 rings (SSSR count). The molecular weight excluding hydrogens is 196 g/mol. The number of hydrogen-bond acceptors (Lipinski definition) is 7. The molecule has 1 heterocycles. The van der Waals surface area contributed by atoms with Gasteiger partial charge in [0.15, 0.2) is 11.6 Å². The average molecular weight is 210 g/mol. The fraction of sp³-hybridized carbons (Fsp3) is 1.00. The maximum absolute atomic E-state index is 9.25. The van der Waals surface area contributed by atoms with Crippen molar-refractivity contribution in [3.63, 3.8) is 0 Å². The number of ether oxygens (including phenoxy) is 1. The van der Waals surface area contributed by atoms with Gasteiger partial charge in [0.1, 0.15) is 12.2 Å². The van der Waals surface area contributed by atoms with Crippen LogP contribution in [0.25, 0.3) is 0 Å². The van der Waals surface area contributed by atoms with Crippen LogP contribution in [-0.2, 0) is 4.74 Å². The van der Waals surface area contributed by atoms with Gasteiger partial charge in [-0.05, 0) is 0 Å². The average Bonchev–Trinajstić information content (AvgIpc) is 2.01. The molecule has 0 aromatic rings. The van der Waals surface area contributed by atoms with Gasteiger partial charge in [-0.1, -0.05) is 0 Å². The Morgan fingerprint density at radius 3 is 1.57 bits per heavy atom. The first-order valence-corrected chi connectivity index (χ1v) is 4.10. The van der Waals surface area contributed by atoms with Gasteiger partial charge in [0.2, 0.25) is 0 Å². The third-order valence-electron chi connectivity index (χ3n) is 2.21. The van der Waals surface area contributed by atoms with Crippen LogP contribution in [0.2, 0.25) is 0 Å². The molecule has 0 aliphatic carbocycles. The molecule has 1 aliphatic rings. The summed E-state index contributed by atoms with van der Waals surface area (Å²) in [6, 6.07) is 0. The standard InChI is InChI=1S/C7H14O7/c8-1-4-6(10,11)3-7(12,13)5(2-9)14-4/h4-5,8-13H,1-3H2. The molecule has 0 radical (unpaired) electrons. The molecule has 0 spiro atoms. The van der Waals surface area contributed by atoms with Crippen LogP contribution in [0.1, 0.15) is 6.42 Å². The zero-order chi connectivity index (χ0) is 11.0. The SMILES string of the molecule is OCC1OC(CO)C(O)(O)CC1(O)O. The van der Waals surface area contributed by atoms with Crippen LogP contribution >= 0.6 is 0 Å². The van der Waals surface area contributed by atoms with Gasteiger partial charge >= 0.3 is 0 Å². The smallest absolute Gasteiger partial charge is 0.197 e. The van der Waals surface area contributed by atoms with Crippen LogP contribution in [0, 0.1) is 0 Å². The van der Waals surface area contributed by atoms with E-state index >= 15 is 0 Å². The van der Waals surface area contributed by atoms with E-state index in [9.17, 15) is 20.4 Å².